The molecule has 19 heavy (non-hydrogen) atoms. The van der Waals surface area contributed by atoms with Crippen molar-refractivity contribution in [1.29, 1.82) is 0 Å². The highest BCUT2D eigenvalue weighted by Gasteiger charge is 2.06. The van der Waals surface area contributed by atoms with Gasteiger partial charge in [-0.2, -0.15) is 4.68 Å². The van der Waals surface area contributed by atoms with E-state index in [0.717, 1.165) is 38.3 Å². The van der Waals surface area contributed by atoms with E-state index in [-0.39, 0.29) is 0 Å². The van der Waals surface area contributed by atoms with Crippen LogP contribution in [0.3, 0.4) is 0 Å². The number of benzene rings is 1. The summed E-state index contributed by atoms with van der Waals surface area (Å²) in [7, 11) is 0. The van der Waals surface area contributed by atoms with E-state index in [1.165, 1.54) is 0 Å². The van der Waals surface area contributed by atoms with Gasteiger partial charge in [-0.3, -0.25) is 0 Å². The van der Waals surface area contributed by atoms with Crippen molar-refractivity contribution < 1.29 is 4.74 Å². The van der Waals surface area contributed by atoms with Crippen molar-refractivity contribution in [1.82, 2.24) is 20.2 Å². The lowest BCUT2D eigenvalue weighted by atomic mass is 10.3. The largest absolute Gasteiger partial charge is 0.381 e. The molecule has 0 saturated heterocycles. The molecular weight excluding hydrogens is 242 g/mol. The summed E-state index contributed by atoms with van der Waals surface area (Å²) in [5.74, 6) is 0.654. The van der Waals surface area contributed by atoms with Gasteiger partial charge < -0.3 is 10.1 Å². The summed E-state index contributed by atoms with van der Waals surface area (Å²) in [4.78, 5) is 0. The second-order valence-corrected chi connectivity index (χ2v) is 4.14. The molecule has 0 aliphatic rings. The number of nitrogens with zero attached hydrogens (tertiary/aromatic N) is 4. The smallest absolute Gasteiger partial charge is 0.247 e. The summed E-state index contributed by atoms with van der Waals surface area (Å²) in [5.41, 5.74) is 0.942. The maximum Gasteiger partial charge on any atom is 0.247 e. The lowest BCUT2D eigenvalue weighted by Crippen LogP contribution is -2.10. The highest BCUT2D eigenvalue weighted by molar-refractivity contribution is 5.38. The van der Waals surface area contributed by atoms with Gasteiger partial charge in [0.05, 0.1) is 5.69 Å². The minimum Gasteiger partial charge on any atom is -0.381 e. The fraction of sp³-hybridized carbons (Fsp3) is 0.462. The van der Waals surface area contributed by atoms with E-state index < -0.39 is 0 Å². The van der Waals surface area contributed by atoms with Gasteiger partial charge >= 0.3 is 0 Å². The van der Waals surface area contributed by atoms with Gasteiger partial charge in [-0.15, -0.1) is 0 Å². The number of hydrogen-bond donors (Lipinski definition) is 1. The predicted molar refractivity (Wildman–Crippen MR) is 73.4 cm³/mol. The van der Waals surface area contributed by atoms with Gasteiger partial charge in [-0.25, -0.2) is 0 Å². The quantitative estimate of drug-likeness (QED) is 0.735. The summed E-state index contributed by atoms with van der Waals surface area (Å²) in [6.07, 6.45) is 1.99. The van der Waals surface area contributed by atoms with Crippen LogP contribution in [-0.2, 0) is 4.74 Å². The maximum atomic E-state index is 5.42. The Hall–Kier alpha value is -1.95. The Labute approximate surface area is 112 Å². The number of hydrogen-bond acceptors (Lipinski definition) is 5. The van der Waals surface area contributed by atoms with Crippen LogP contribution in [0.25, 0.3) is 5.69 Å². The first-order valence-corrected chi connectivity index (χ1v) is 6.57. The van der Waals surface area contributed by atoms with Gasteiger partial charge in [0.15, 0.2) is 0 Å². The summed E-state index contributed by atoms with van der Waals surface area (Å²) in [5, 5.41) is 14.9. The second kappa shape index (κ2) is 7.48. The van der Waals surface area contributed by atoms with Crippen molar-refractivity contribution in [3.8, 4) is 5.69 Å². The van der Waals surface area contributed by atoms with Crippen molar-refractivity contribution in [3.63, 3.8) is 0 Å². The Balaban J connectivity index is 1.83. The van der Waals surface area contributed by atoms with E-state index in [0.29, 0.717) is 5.95 Å². The molecule has 0 bridgehead atoms. The molecule has 6 heteroatoms. The third-order valence-corrected chi connectivity index (χ3v) is 2.57. The molecule has 0 amide bonds. The van der Waals surface area contributed by atoms with Crippen molar-refractivity contribution >= 4 is 5.95 Å². The van der Waals surface area contributed by atoms with Crippen LogP contribution < -0.4 is 5.32 Å². The third-order valence-electron chi connectivity index (χ3n) is 2.57. The van der Waals surface area contributed by atoms with Gasteiger partial charge in [0, 0.05) is 19.8 Å². The lowest BCUT2D eigenvalue weighted by Gasteiger charge is -2.07. The Morgan fingerprint density at radius 2 is 2.05 bits per heavy atom. The molecule has 0 radical (unpaired) electrons. The number of rotatable bonds is 8. The molecule has 0 unspecified atom stereocenters. The number of nitrogens with one attached hydrogen (secondary N) is 1. The van der Waals surface area contributed by atoms with Gasteiger partial charge in [-0.1, -0.05) is 30.2 Å². The van der Waals surface area contributed by atoms with Gasteiger partial charge in [0.25, 0.3) is 0 Å². The fourth-order valence-corrected chi connectivity index (χ4v) is 1.66. The summed E-state index contributed by atoms with van der Waals surface area (Å²) in [6, 6.07) is 9.81. The average Bonchev–Trinajstić information content (AvgIpc) is 2.92. The SMILES string of the molecule is CCCOCCCNc1nnnn1-c1ccccc1. The Morgan fingerprint density at radius 3 is 2.84 bits per heavy atom. The zero-order chi connectivity index (χ0) is 13.3. The molecule has 1 heterocycles. The standard InChI is InChI=1S/C13H19N5O/c1-2-10-19-11-6-9-14-13-15-16-17-18(13)12-7-4-3-5-8-12/h3-5,7-8H,2,6,9-11H2,1H3,(H,14,15,17). The molecule has 0 atom stereocenters. The topological polar surface area (TPSA) is 64.9 Å². The number of aromatic nitrogens is 4. The van der Waals surface area contributed by atoms with E-state index >= 15 is 0 Å². The predicted octanol–water partition coefficient (Wildman–Crippen LogP) is 1.89. The molecule has 1 aromatic carbocycles. The van der Waals surface area contributed by atoms with E-state index in [1.807, 2.05) is 30.3 Å². The number of anilines is 1. The lowest BCUT2D eigenvalue weighted by molar-refractivity contribution is 0.134. The van der Waals surface area contributed by atoms with Crippen molar-refractivity contribution in [2.24, 2.45) is 0 Å². The molecule has 1 N–H and O–H groups in total. The Morgan fingerprint density at radius 1 is 1.21 bits per heavy atom. The van der Waals surface area contributed by atoms with E-state index in [9.17, 15) is 0 Å². The first-order chi connectivity index (χ1) is 9.42. The highest BCUT2D eigenvalue weighted by Crippen LogP contribution is 2.10. The molecule has 0 aliphatic heterocycles. The van der Waals surface area contributed by atoms with Crippen LogP contribution in [0.1, 0.15) is 19.8 Å². The van der Waals surface area contributed by atoms with Crippen LogP contribution >= 0.6 is 0 Å². The Bertz CT molecular complexity index is 471. The summed E-state index contributed by atoms with van der Waals surface area (Å²) < 4.78 is 7.11. The molecule has 102 valence electrons. The van der Waals surface area contributed by atoms with Gasteiger partial charge in [0.1, 0.15) is 0 Å². The molecule has 6 nitrogen and oxygen atoms in total. The second-order valence-electron chi connectivity index (χ2n) is 4.14. The molecule has 1 aromatic heterocycles. The van der Waals surface area contributed by atoms with Crippen LogP contribution in [-0.4, -0.2) is 40.0 Å². The molecule has 2 rings (SSSR count). The molecule has 0 aliphatic carbocycles. The maximum absolute atomic E-state index is 5.42. The van der Waals surface area contributed by atoms with Crippen LogP contribution in [0, 0.1) is 0 Å². The third kappa shape index (κ3) is 4.03. The average molecular weight is 261 g/mol. The van der Waals surface area contributed by atoms with Crippen LogP contribution in [0.5, 0.6) is 0 Å². The first kappa shape index (κ1) is 13.5. The molecular formula is C13H19N5O. The number of ether oxygens (including phenoxy) is 1. The monoisotopic (exact) mass is 261 g/mol. The van der Waals surface area contributed by atoms with Crippen molar-refractivity contribution in [2.45, 2.75) is 19.8 Å². The van der Waals surface area contributed by atoms with Crippen LogP contribution in [0.15, 0.2) is 30.3 Å². The van der Waals surface area contributed by atoms with Crippen LogP contribution in [0.4, 0.5) is 5.95 Å². The van der Waals surface area contributed by atoms with Crippen molar-refractivity contribution in [2.75, 3.05) is 25.1 Å². The first-order valence-electron chi connectivity index (χ1n) is 6.57. The van der Waals surface area contributed by atoms with Gasteiger partial charge in [0.2, 0.25) is 5.95 Å². The molecule has 0 saturated carbocycles. The van der Waals surface area contributed by atoms with Gasteiger partial charge in [-0.05, 0) is 35.4 Å². The van der Waals surface area contributed by atoms with E-state index in [2.05, 4.69) is 27.8 Å². The molecule has 2 aromatic rings. The van der Waals surface area contributed by atoms with Crippen LogP contribution in [0.2, 0.25) is 0 Å². The molecule has 0 fully saturated rings. The Kier molecular flexibility index (Phi) is 5.31. The summed E-state index contributed by atoms with van der Waals surface area (Å²) in [6.45, 7) is 4.47. The zero-order valence-electron chi connectivity index (χ0n) is 11.1. The summed E-state index contributed by atoms with van der Waals surface area (Å²) >= 11 is 0. The van der Waals surface area contributed by atoms with Crippen molar-refractivity contribution in [3.05, 3.63) is 30.3 Å². The highest BCUT2D eigenvalue weighted by atomic mass is 16.5. The fourth-order valence-electron chi connectivity index (χ4n) is 1.66. The normalized spacial score (nSPS) is 10.6. The molecule has 0 spiro atoms. The minimum absolute atomic E-state index is 0.654. The zero-order valence-corrected chi connectivity index (χ0v) is 11.1. The van der Waals surface area contributed by atoms with E-state index in [1.54, 1.807) is 4.68 Å². The number of tetrazole rings is 1. The van der Waals surface area contributed by atoms with E-state index in [4.69, 9.17) is 4.74 Å². The minimum atomic E-state index is 0.654. The number of para-hydroxylation sites is 1.